The van der Waals surface area contributed by atoms with Gasteiger partial charge in [-0.3, -0.25) is 19.4 Å². The molecule has 6 nitrogen and oxygen atoms in total. The first-order valence-corrected chi connectivity index (χ1v) is 10.7. The van der Waals surface area contributed by atoms with E-state index in [-0.39, 0.29) is 18.4 Å². The molecule has 2 aromatic rings. The van der Waals surface area contributed by atoms with Crippen LogP contribution >= 0.6 is 11.8 Å². The highest BCUT2D eigenvalue weighted by molar-refractivity contribution is 7.98. The van der Waals surface area contributed by atoms with E-state index in [0.29, 0.717) is 12.2 Å². The zero-order chi connectivity index (χ0) is 20.8. The zero-order valence-corrected chi connectivity index (χ0v) is 17.4. The summed E-state index contributed by atoms with van der Waals surface area (Å²) in [5, 5.41) is 2.79. The number of anilines is 1. The average Bonchev–Trinajstić information content (AvgIpc) is 2.93. The quantitative estimate of drug-likeness (QED) is 0.535. The van der Waals surface area contributed by atoms with Crippen LogP contribution in [0, 0.1) is 6.92 Å². The van der Waals surface area contributed by atoms with Crippen molar-refractivity contribution in [2.75, 3.05) is 23.7 Å². The van der Waals surface area contributed by atoms with Gasteiger partial charge in [-0.25, -0.2) is 4.79 Å². The van der Waals surface area contributed by atoms with Gasteiger partial charge >= 0.3 is 6.03 Å². The third-order valence-electron chi connectivity index (χ3n) is 4.74. The predicted octanol–water partition coefficient (Wildman–Crippen LogP) is 3.20. The van der Waals surface area contributed by atoms with Gasteiger partial charge in [0.25, 0.3) is 5.91 Å². The molecule has 1 heterocycles. The molecule has 0 unspecified atom stereocenters. The van der Waals surface area contributed by atoms with E-state index in [1.807, 2.05) is 49.4 Å². The fourth-order valence-electron chi connectivity index (χ4n) is 3.14. The minimum absolute atomic E-state index is 0.256. The van der Waals surface area contributed by atoms with E-state index in [0.717, 1.165) is 22.0 Å². The first kappa shape index (κ1) is 20.9. The lowest BCUT2D eigenvalue weighted by Gasteiger charge is -2.19. The van der Waals surface area contributed by atoms with Crippen molar-refractivity contribution < 1.29 is 14.4 Å². The molecule has 3 rings (SSSR count). The first-order chi connectivity index (χ1) is 14.0. The fourth-order valence-corrected chi connectivity index (χ4v) is 3.96. The molecule has 2 aromatic carbocycles. The largest absolute Gasteiger partial charge is 0.354 e. The number of urea groups is 1. The SMILES string of the molecule is Cc1ccc(N2C(=O)N(CC(=O)NCCSCc3ccccc3)C(=O)[C@H]2C)cc1. The van der Waals surface area contributed by atoms with Gasteiger partial charge in [-0.1, -0.05) is 48.0 Å². The smallest absolute Gasteiger partial charge is 0.332 e. The van der Waals surface area contributed by atoms with Crippen LogP contribution < -0.4 is 10.2 Å². The molecular weight excluding hydrogens is 386 g/mol. The molecule has 1 saturated heterocycles. The molecule has 1 N–H and O–H groups in total. The van der Waals surface area contributed by atoms with E-state index in [9.17, 15) is 14.4 Å². The molecular formula is C22H25N3O3S. The van der Waals surface area contributed by atoms with Gasteiger partial charge in [-0.05, 0) is 31.5 Å². The van der Waals surface area contributed by atoms with E-state index < -0.39 is 12.1 Å². The van der Waals surface area contributed by atoms with E-state index in [4.69, 9.17) is 0 Å². The summed E-state index contributed by atoms with van der Waals surface area (Å²) < 4.78 is 0. The lowest BCUT2D eigenvalue weighted by Crippen LogP contribution is -2.42. The van der Waals surface area contributed by atoms with Gasteiger partial charge in [0.15, 0.2) is 0 Å². The summed E-state index contributed by atoms with van der Waals surface area (Å²) in [6, 6.07) is 16.4. The van der Waals surface area contributed by atoms with E-state index in [1.54, 1.807) is 18.7 Å². The van der Waals surface area contributed by atoms with Gasteiger partial charge in [-0.2, -0.15) is 11.8 Å². The monoisotopic (exact) mass is 411 g/mol. The van der Waals surface area contributed by atoms with Crippen LogP contribution in [0.25, 0.3) is 0 Å². The number of hydrogen-bond donors (Lipinski definition) is 1. The summed E-state index contributed by atoms with van der Waals surface area (Å²) in [7, 11) is 0. The van der Waals surface area contributed by atoms with Gasteiger partial charge in [0.1, 0.15) is 12.6 Å². The summed E-state index contributed by atoms with van der Waals surface area (Å²) in [6.45, 7) is 3.87. The second kappa shape index (κ2) is 9.60. The number of hydrogen-bond acceptors (Lipinski definition) is 4. The predicted molar refractivity (Wildman–Crippen MR) is 116 cm³/mol. The van der Waals surface area contributed by atoms with E-state index in [1.165, 1.54) is 10.5 Å². The minimum atomic E-state index is -0.626. The van der Waals surface area contributed by atoms with Crippen molar-refractivity contribution in [3.8, 4) is 0 Å². The summed E-state index contributed by atoms with van der Waals surface area (Å²) in [6.07, 6.45) is 0. The molecule has 0 bridgehead atoms. The lowest BCUT2D eigenvalue weighted by molar-refractivity contribution is -0.131. The minimum Gasteiger partial charge on any atom is -0.354 e. The third kappa shape index (κ3) is 5.17. The number of nitrogens with one attached hydrogen (secondary N) is 1. The molecule has 0 saturated carbocycles. The maximum absolute atomic E-state index is 12.7. The van der Waals surface area contributed by atoms with Crippen LogP contribution in [0.4, 0.5) is 10.5 Å². The molecule has 152 valence electrons. The summed E-state index contributed by atoms with van der Waals surface area (Å²) in [4.78, 5) is 39.9. The van der Waals surface area contributed by atoms with Crippen molar-refractivity contribution in [2.24, 2.45) is 0 Å². The Labute approximate surface area is 175 Å². The second-order valence-corrected chi connectivity index (χ2v) is 8.08. The van der Waals surface area contributed by atoms with E-state index in [2.05, 4.69) is 17.4 Å². The number of aryl methyl sites for hydroxylation is 1. The summed E-state index contributed by atoms with van der Waals surface area (Å²) in [5.41, 5.74) is 2.96. The standard InChI is InChI=1S/C22H25N3O3S/c1-16-8-10-19(11-9-16)25-17(2)21(27)24(22(25)28)14-20(26)23-12-13-29-15-18-6-4-3-5-7-18/h3-11,17H,12-15H2,1-2H3,(H,23,26)/t17-/m1/s1. The van der Waals surface area contributed by atoms with Crippen LogP contribution in [0.15, 0.2) is 54.6 Å². The Balaban J connectivity index is 1.47. The van der Waals surface area contributed by atoms with Gasteiger partial charge in [0.2, 0.25) is 5.91 Å². The number of thioether (sulfide) groups is 1. The molecule has 0 aliphatic carbocycles. The number of nitrogens with zero attached hydrogens (tertiary/aromatic N) is 2. The van der Waals surface area contributed by atoms with Gasteiger partial charge < -0.3 is 5.32 Å². The Morgan fingerprint density at radius 2 is 1.76 bits per heavy atom. The summed E-state index contributed by atoms with van der Waals surface area (Å²) >= 11 is 1.72. The highest BCUT2D eigenvalue weighted by Gasteiger charge is 2.43. The van der Waals surface area contributed by atoms with Crippen molar-refractivity contribution >= 4 is 35.3 Å². The lowest BCUT2D eigenvalue weighted by atomic mass is 10.2. The van der Waals surface area contributed by atoms with Gasteiger partial charge in [-0.15, -0.1) is 0 Å². The Kier molecular flexibility index (Phi) is 6.93. The maximum atomic E-state index is 12.7. The van der Waals surface area contributed by atoms with E-state index >= 15 is 0 Å². The molecule has 0 spiro atoms. The van der Waals surface area contributed by atoms with Crippen LogP contribution in [0.3, 0.4) is 0 Å². The normalized spacial score (nSPS) is 16.4. The Bertz CT molecular complexity index is 871. The number of imide groups is 1. The van der Waals surface area contributed by atoms with Crippen LogP contribution in [0.1, 0.15) is 18.1 Å². The number of carbonyl (C=O) groups is 3. The molecule has 1 aliphatic rings. The Morgan fingerprint density at radius 3 is 2.45 bits per heavy atom. The summed E-state index contributed by atoms with van der Waals surface area (Å²) in [5.74, 6) is 0.950. The highest BCUT2D eigenvalue weighted by atomic mass is 32.2. The number of amides is 4. The van der Waals surface area contributed by atoms with Crippen LogP contribution in [-0.2, 0) is 15.3 Å². The fraction of sp³-hybridized carbons (Fsp3) is 0.318. The molecule has 29 heavy (non-hydrogen) atoms. The van der Waals surface area contributed by atoms with Gasteiger partial charge in [0, 0.05) is 23.7 Å². The molecule has 4 amide bonds. The number of rotatable bonds is 8. The number of carbonyl (C=O) groups excluding carboxylic acids is 3. The van der Waals surface area contributed by atoms with Crippen LogP contribution in [0.2, 0.25) is 0 Å². The van der Waals surface area contributed by atoms with Crippen LogP contribution in [0.5, 0.6) is 0 Å². The highest BCUT2D eigenvalue weighted by Crippen LogP contribution is 2.25. The first-order valence-electron chi connectivity index (χ1n) is 9.57. The average molecular weight is 412 g/mol. The van der Waals surface area contributed by atoms with Crippen molar-refractivity contribution in [3.05, 3.63) is 65.7 Å². The molecule has 1 atom stereocenters. The molecule has 0 aromatic heterocycles. The molecule has 7 heteroatoms. The Morgan fingerprint density at radius 1 is 1.07 bits per heavy atom. The van der Waals surface area contributed by atoms with Crippen molar-refractivity contribution in [2.45, 2.75) is 25.6 Å². The Hall–Kier alpha value is -2.80. The molecule has 1 aliphatic heterocycles. The third-order valence-corrected chi connectivity index (χ3v) is 5.77. The zero-order valence-electron chi connectivity index (χ0n) is 16.6. The van der Waals surface area contributed by atoms with Crippen LogP contribution in [-0.4, -0.2) is 47.6 Å². The molecule has 1 fully saturated rings. The van der Waals surface area contributed by atoms with Crippen molar-refractivity contribution in [1.82, 2.24) is 10.2 Å². The maximum Gasteiger partial charge on any atom is 0.332 e. The number of benzene rings is 2. The molecule has 0 radical (unpaired) electrons. The second-order valence-electron chi connectivity index (χ2n) is 6.98. The topological polar surface area (TPSA) is 69.7 Å². The van der Waals surface area contributed by atoms with Crippen molar-refractivity contribution in [3.63, 3.8) is 0 Å². The van der Waals surface area contributed by atoms with Gasteiger partial charge in [0.05, 0.1) is 0 Å². The van der Waals surface area contributed by atoms with Crippen molar-refractivity contribution in [1.29, 1.82) is 0 Å².